The van der Waals surface area contributed by atoms with Gasteiger partial charge in [0.05, 0.1) is 0 Å². The van der Waals surface area contributed by atoms with Gasteiger partial charge in [0.15, 0.2) is 0 Å². The van der Waals surface area contributed by atoms with Gasteiger partial charge in [-0.3, -0.25) is 0 Å². The van der Waals surface area contributed by atoms with Crippen LogP contribution in [0.4, 0.5) is 0 Å². The molecule has 14 heavy (non-hydrogen) atoms. The third-order valence-electron chi connectivity index (χ3n) is 2.10. The summed E-state index contributed by atoms with van der Waals surface area (Å²) in [4.78, 5) is 0. The molecule has 1 unspecified atom stereocenters. The molecule has 0 amide bonds. The highest BCUT2D eigenvalue weighted by molar-refractivity contribution is 6.44. The van der Waals surface area contributed by atoms with Gasteiger partial charge in [-0.05, 0) is 18.9 Å². The third kappa shape index (κ3) is 8.68. The smallest absolute Gasteiger partial charge is 0.321 e. The molecule has 0 saturated heterocycles. The Kier molecular flexibility index (Phi) is 11.3. The topological polar surface area (TPSA) is 27.7 Å². The minimum absolute atomic E-state index is 0.831. The Hall–Kier alpha value is 0.0969. The van der Waals surface area contributed by atoms with Gasteiger partial charge in [0.1, 0.15) is 0 Å². The third-order valence-corrected chi connectivity index (χ3v) is 4.12. The van der Waals surface area contributed by atoms with Crippen molar-refractivity contribution in [2.45, 2.75) is 38.7 Å². The van der Waals surface area contributed by atoms with Crippen LogP contribution in [-0.4, -0.2) is 36.7 Å². The van der Waals surface area contributed by atoms with E-state index in [2.05, 4.69) is 6.92 Å². The van der Waals surface area contributed by atoms with Gasteiger partial charge < -0.3 is 13.6 Å². The second-order valence-electron chi connectivity index (χ2n) is 3.38. The highest BCUT2D eigenvalue weighted by Gasteiger charge is 2.09. The van der Waals surface area contributed by atoms with E-state index >= 15 is 0 Å². The van der Waals surface area contributed by atoms with Crippen LogP contribution in [0.25, 0.3) is 0 Å². The largest absolute Gasteiger partial charge is 0.400 e. The van der Waals surface area contributed by atoms with Crippen LogP contribution in [0.5, 0.6) is 0 Å². The summed E-state index contributed by atoms with van der Waals surface area (Å²) < 4.78 is 16.0. The Bertz CT molecular complexity index is 112. The molecule has 0 aromatic heterocycles. The van der Waals surface area contributed by atoms with Crippen LogP contribution >= 0.6 is 0 Å². The summed E-state index contributed by atoms with van der Waals surface area (Å²) in [5.74, 6) is 0. The van der Waals surface area contributed by atoms with Crippen molar-refractivity contribution in [1.29, 1.82) is 0 Å². The lowest BCUT2D eigenvalue weighted by Crippen LogP contribution is -2.21. The minimum Gasteiger partial charge on any atom is -0.400 e. The van der Waals surface area contributed by atoms with Gasteiger partial charge in [0.2, 0.25) is 0 Å². The van der Waals surface area contributed by atoms with Gasteiger partial charge in [-0.15, -0.1) is 0 Å². The maximum Gasteiger partial charge on any atom is 0.321 e. The zero-order valence-corrected chi connectivity index (χ0v) is 10.9. The lowest BCUT2D eigenvalue weighted by atomic mass is 10.3. The number of methoxy groups -OCH3 is 1. The molecule has 0 bridgehead atoms. The van der Waals surface area contributed by atoms with E-state index in [9.17, 15) is 0 Å². The van der Waals surface area contributed by atoms with E-state index < -0.39 is 9.28 Å². The van der Waals surface area contributed by atoms with Crippen LogP contribution in [-0.2, 0) is 13.6 Å². The van der Waals surface area contributed by atoms with E-state index in [1.54, 1.807) is 14.2 Å². The van der Waals surface area contributed by atoms with Crippen molar-refractivity contribution in [3.63, 3.8) is 0 Å². The van der Waals surface area contributed by atoms with Crippen LogP contribution in [0.15, 0.2) is 0 Å². The molecule has 0 rings (SSSR count). The van der Waals surface area contributed by atoms with E-state index in [1.165, 1.54) is 12.8 Å². The van der Waals surface area contributed by atoms with Gasteiger partial charge >= 0.3 is 9.28 Å². The summed E-state index contributed by atoms with van der Waals surface area (Å²) in [6.07, 6.45) is 4.60. The van der Waals surface area contributed by atoms with Crippen molar-refractivity contribution < 1.29 is 13.6 Å². The van der Waals surface area contributed by atoms with Crippen molar-refractivity contribution in [1.82, 2.24) is 0 Å². The summed E-state index contributed by atoms with van der Waals surface area (Å²) in [5, 5.41) is 0. The summed E-state index contributed by atoms with van der Waals surface area (Å²) in [5.41, 5.74) is 0. The molecule has 0 aromatic rings. The molecular weight excluding hydrogens is 196 g/mol. The predicted octanol–water partition coefficient (Wildman–Crippen LogP) is 2.10. The van der Waals surface area contributed by atoms with Gasteiger partial charge in [0.25, 0.3) is 0 Å². The van der Waals surface area contributed by atoms with Crippen molar-refractivity contribution in [2.24, 2.45) is 0 Å². The highest BCUT2D eigenvalue weighted by atomic mass is 28.3. The monoisotopic (exact) mass is 220 g/mol. The summed E-state index contributed by atoms with van der Waals surface area (Å²) in [6.45, 7) is 3.86. The summed E-state index contributed by atoms with van der Waals surface area (Å²) in [6, 6.07) is 1.14. The molecule has 0 fully saturated rings. The first-order valence-corrected chi connectivity index (χ1v) is 7.24. The molecule has 0 N–H and O–H groups in total. The van der Waals surface area contributed by atoms with E-state index in [0.29, 0.717) is 0 Å². The Morgan fingerprint density at radius 1 is 1.00 bits per heavy atom. The molecule has 4 heteroatoms. The normalized spacial score (nSPS) is 13.1. The molecule has 0 spiro atoms. The van der Waals surface area contributed by atoms with Crippen LogP contribution < -0.4 is 0 Å². The molecule has 0 heterocycles. The van der Waals surface area contributed by atoms with Crippen LogP contribution in [0.2, 0.25) is 6.04 Å². The summed E-state index contributed by atoms with van der Waals surface area (Å²) in [7, 11) is 2.17. The lowest BCUT2D eigenvalue weighted by molar-refractivity contribution is 0.175. The molecule has 1 atom stereocenters. The molecule has 0 aliphatic carbocycles. The fraction of sp³-hybridized carbons (Fsp3) is 1.00. The highest BCUT2D eigenvalue weighted by Crippen LogP contribution is 2.04. The summed E-state index contributed by atoms with van der Waals surface area (Å²) >= 11 is 0. The Labute approximate surface area is 89.6 Å². The first-order valence-electron chi connectivity index (χ1n) is 5.48. The van der Waals surface area contributed by atoms with Crippen molar-refractivity contribution in [3.05, 3.63) is 0 Å². The van der Waals surface area contributed by atoms with Crippen molar-refractivity contribution >= 4 is 9.28 Å². The Morgan fingerprint density at radius 3 is 2.29 bits per heavy atom. The number of rotatable bonds is 10. The second-order valence-corrected chi connectivity index (χ2v) is 5.62. The molecule has 0 aliphatic rings. The lowest BCUT2D eigenvalue weighted by Gasteiger charge is -2.13. The van der Waals surface area contributed by atoms with E-state index in [1.807, 2.05) is 0 Å². The molecule has 0 radical (unpaired) electrons. The van der Waals surface area contributed by atoms with Gasteiger partial charge in [0, 0.05) is 27.4 Å². The average molecular weight is 220 g/mol. The van der Waals surface area contributed by atoms with E-state index in [-0.39, 0.29) is 0 Å². The van der Waals surface area contributed by atoms with Gasteiger partial charge in [-0.25, -0.2) is 0 Å². The van der Waals surface area contributed by atoms with Gasteiger partial charge in [-0.2, -0.15) is 0 Å². The maximum atomic E-state index is 5.70. The van der Waals surface area contributed by atoms with Crippen molar-refractivity contribution in [3.8, 4) is 0 Å². The van der Waals surface area contributed by atoms with Gasteiger partial charge in [-0.1, -0.05) is 19.8 Å². The van der Waals surface area contributed by atoms with Crippen molar-refractivity contribution in [2.75, 3.05) is 27.4 Å². The van der Waals surface area contributed by atoms with Crippen LogP contribution in [0, 0.1) is 0 Å². The molecule has 86 valence electrons. The SMILES string of the molecule is CCCC[SiH](OC)OCCCCOC. The second kappa shape index (κ2) is 11.2. The number of hydrogen-bond acceptors (Lipinski definition) is 3. The standard InChI is InChI=1S/C10H24O3Si/c1-4-5-10-14(12-3)13-9-7-6-8-11-2/h14H,4-10H2,1-3H3. The minimum atomic E-state index is -1.32. The number of ether oxygens (including phenoxy) is 1. The predicted molar refractivity (Wildman–Crippen MR) is 60.9 cm³/mol. The molecule has 0 aromatic carbocycles. The first kappa shape index (κ1) is 14.1. The molecule has 0 saturated carbocycles. The quantitative estimate of drug-likeness (QED) is 0.417. The number of unbranched alkanes of at least 4 members (excludes halogenated alkanes) is 2. The van der Waals surface area contributed by atoms with Crippen LogP contribution in [0.1, 0.15) is 32.6 Å². The Morgan fingerprint density at radius 2 is 1.71 bits per heavy atom. The zero-order chi connectivity index (χ0) is 10.6. The average Bonchev–Trinajstić information content (AvgIpc) is 2.22. The fourth-order valence-electron chi connectivity index (χ4n) is 1.20. The maximum absolute atomic E-state index is 5.70. The van der Waals surface area contributed by atoms with E-state index in [0.717, 1.165) is 32.1 Å². The molecule has 3 nitrogen and oxygen atoms in total. The molecule has 0 aliphatic heterocycles. The zero-order valence-electron chi connectivity index (χ0n) is 9.75. The fourth-order valence-corrected chi connectivity index (χ4v) is 2.91. The van der Waals surface area contributed by atoms with E-state index in [4.69, 9.17) is 13.6 Å². The molecular formula is C10H24O3Si. The Balaban J connectivity index is 3.24. The van der Waals surface area contributed by atoms with Crippen LogP contribution in [0.3, 0.4) is 0 Å². The first-order chi connectivity index (χ1) is 6.85. The number of hydrogen-bond donors (Lipinski definition) is 0.